The number of hydrogen-bond donors (Lipinski definition) is 1. The van der Waals surface area contributed by atoms with Crippen molar-refractivity contribution < 1.29 is 9.53 Å². The average molecular weight is 309 g/mol. The third-order valence-corrected chi connectivity index (χ3v) is 4.39. The van der Waals surface area contributed by atoms with Gasteiger partial charge in [-0.1, -0.05) is 35.9 Å². The Bertz CT molecular complexity index is 691. The van der Waals surface area contributed by atoms with Crippen molar-refractivity contribution in [2.24, 2.45) is 0 Å². The minimum Gasteiger partial charge on any atom is -0.484 e. The van der Waals surface area contributed by atoms with Gasteiger partial charge in [0.1, 0.15) is 5.75 Å². The standard InChI is InChI=1S/C20H23NO2/c1-14-6-10-19(11-7-14)23-13-20(22)21-15(2)17-9-8-16-4-3-5-18(16)12-17/h6-12,15H,3-5,13H2,1-2H3,(H,21,22)/t15-/m0/s1. The van der Waals surface area contributed by atoms with E-state index in [1.54, 1.807) is 0 Å². The summed E-state index contributed by atoms with van der Waals surface area (Å²) >= 11 is 0. The molecule has 0 aliphatic heterocycles. The van der Waals surface area contributed by atoms with Crippen molar-refractivity contribution in [3.63, 3.8) is 0 Å². The first-order valence-electron chi connectivity index (χ1n) is 8.22. The van der Waals surface area contributed by atoms with Crippen LogP contribution in [0, 0.1) is 6.92 Å². The minimum absolute atomic E-state index is 0.00461. The van der Waals surface area contributed by atoms with E-state index in [2.05, 4.69) is 23.5 Å². The first-order valence-corrected chi connectivity index (χ1v) is 8.22. The lowest BCUT2D eigenvalue weighted by Gasteiger charge is -2.16. The normalized spacial score (nSPS) is 14.2. The molecule has 2 aromatic carbocycles. The van der Waals surface area contributed by atoms with E-state index in [9.17, 15) is 4.79 Å². The molecule has 1 atom stereocenters. The topological polar surface area (TPSA) is 38.3 Å². The molecule has 1 aliphatic carbocycles. The van der Waals surface area contributed by atoms with E-state index in [0.29, 0.717) is 0 Å². The van der Waals surface area contributed by atoms with Gasteiger partial charge in [0.05, 0.1) is 6.04 Å². The van der Waals surface area contributed by atoms with Crippen LogP contribution in [0.2, 0.25) is 0 Å². The van der Waals surface area contributed by atoms with Crippen LogP contribution < -0.4 is 10.1 Å². The number of nitrogens with one attached hydrogen (secondary N) is 1. The van der Waals surface area contributed by atoms with Crippen molar-refractivity contribution in [1.82, 2.24) is 5.32 Å². The monoisotopic (exact) mass is 309 g/mol. The maximum absolute atomic E-state index is 12.1. The van der Waals surface area contributed by atoms with Crippen molar-refractivity contribution in [3.05, 3.63) is 64.7 Å². The lowest BCUT2D eigenvalue weighted by atomic mass is 10.0. The van der Waals surface area contributed by atoms with Crippen LogP contribution in [0.4, 0.5) is 0 Å². The molecular formula is C20H23NO2. The van der Waals surface area contributed by atoms with E-state index in [1.807, 2.05) is 38.1 Å². The molecule has 3 nitrogen and oxygen atoms in total. The number of benzene rings is 2. The van der Waals surface area contributed by atoms with Crippen molar-refractivity contribution in [2.75, 3.05) is 6.61 Å². The van der Waals surface area contributed by atoms with Gasteiger partial charge >= 0.3 is 0 Å². The zero-order chi connectivity index (χ0) is 16.2. The second-order valence-corrected chi connectivity index (χ2v) is 6.27. The Kier molecular flexibility index (Phi) is 4.65. The van der Waals surface area contributed by atoms with Crippen LogP contribution in [0.25, 0.3) is 0 Å². The maximum atomic E-state index is 12.1. The van der Waals surface area contributed by atoms with Crippen LogP contribution in [0.15, 0.2) is 42.5 Å². The Balaban J connectivity index is 1.54. The Labute approximate surface area is 137 Å². The summed E-state index contributed by atoms with van der Waals surface area (Å²) in [5, 5.41) is 3.01. The quantitative estimate of drug-likeness (QED) is 0.913. The molecule has 0 aromatic heterocycles. The van der Waals surface area contributed by atoms with Crippen LogP contribution in [0.1, 0.15) is 41.6 Å². The fraction of sp³-hybridized carbons (Fsp3) is 0.350. The second-order valence-electron chi connectivity index (χ2n) is 6.27. The van der Waals surface area contributed by atoms with Crippen LogP contribution >= 0.6 is 0 Å². The summed E-state index contributed by atoms with van der Waals surface area (Å²) in [6, 6.07) is 14.3. The summed E-state index contributed by atoms with van der Waals surface area (Å²) in [7, 11) is 0. The highest BCUT2D eigenvalue weighted by molar-refractivity contribution is 5.78. The molecule has 0 fully saturated rings. The van der Waals surface area contributed by atoms with Gasteiger partial charge in [-0.3, -0.25) is 4.79 Å². The van der Waals surface area contributed by atoms with Crippen molar-refractivity contribution in [2.45, 2.75) is 39.2 Å². The Morgan fingerprint density at radius 3 is 2.65 bits per heavy atom. The molecule has 1 amide bonds. The first kappa shape index (κ1) is 15.6. The van der Waals surface area contributed by atoms with Crippen molar-refractivity contribution in [3.8, 4) is 5.75 Å². The van der Waals surface area contributed by atoms with Crippen LogP contribution in [-0.4, -0.2) is 12.5 Å². The fourth-order valence-electron chi connectivity index (χ4n) is 3.01. The highest BCUT2D eigenvalue weighted by Crippen LogP contribution is 2.25. The van der Waals surface area contributed by atoms with Gasteiger partial charge in [0.25, 0.3) is 5.91 Å². The molecule has 0 heterocycles. The van der Waals surface area contributed by atoms with Gasteiger partial charge in [-0.05, 0) is 61.9 Å². The molecule has 0 saturated carbocycles. The molecular weight excluding hydrogens is 286 g/mol. The van der Waals surface area contributed by atoms with Gasteiger partial charge in [0.15, 0.2) is 6.61 Å². The average Bonchev–Trinajstić information content (AvgIpc) is 3.02. The zero-order valence-electron chi connectivity index (χ0n) is 13.8. The maximum Gasteiger partial charge on any atom is 0.258 e. The molecule has 0 bridgehead atoms. The van der Waals surface area contributed by atoms with E-state index in [0.717, 1.165) is 17.7 Å². The molecule has 1 N–H and O–H groups in total. The van der Waals surface area contributed by atoms with E-state index in [4.69, 9.17) is 4.74 Å². The van der Waals surface area contributed by atoms with Gasteiger partial charge in [0, 0.05) is 0 Å². The highest BCUT2D eigenvalue weighted by atomic mass is 16.5. The van der Waals surface area contributed by atoms with Gasteiger partial charge < -0.3 is 10.1 Å². The van der Waals surface area contributed by atoms with Crippen LogP contribution in [0.5, 0.6) is 5.75 Å². The summed E-state index contributed by atoms with van der Waals surface area (Å²) in [6.07, 6.45) is 3.57. The molecule has 23 heavy (non-hydrogen) atoms. The third-order valence-electron chi connectivity index (χ3n) is 4.39. The third kappa shape index (κ3) is 3.92. The number of carbonyl (C=O) groups excluding carboxylic acids is 1. The number of ether oxygens (including phenoxy) is 1. The molecule has 2 aromatic rings. The predicted octanol–water partition coefficient (Wildman–Crippen LogP) is 3.74. The zero-order valence-corrected chi connectivity index (χ0v) is 13.8. The SMILES string of the molecule is Cc1ccc(OCC(=O)N[C@@H](C)c2ccc3c(c2)CCC3)cc1. The van der Waals surface area contributed by atoms with Gasteiger partial charge in [-0.15, -0.1) is 0 Å². The Morgan fingerprint density at radius 1 is 1.13 bits per heavy atom. The Hall–Kier alpha value is -2.29. The molecule has 0 unspecified atom stereocenters. The first-order chi connectivity index (χ1) is 11.1. The smallest absolute Gasteiger partial charge is 0.258 e. The summed E-state index contributed by atoms with van der Waals surface area (Å²) in [5.74, 6) is 0.620. The summed E-state index contributed by atoms with van der Waals surface area (Å²) in [6.45, 7) is 4.08. The molecule has 3 rings (SSSR count). The van der Waals surface area contributed by atoms with E-state index in [1.165, 1.54) is 29.5 Å². The fourth-order valence-corrected chi connectivity index (χ4v) is 3.01. The van der Waals surface area contributed by atoms with Crippen molar-refractivity contribution in [1.29, 1.82) is 0 Å². The molecule has 3 heteroatoms. The molecule has 0 saturated heterocycles. The summed E-state index contributed by atoms with van der Waals surface area (Å²) < 4.78 is 5.52. The number of aryl methyl sites for hydroxylation is 3. The van der Waals surface area contributed by atoms with E-state index < -0.39 is 0 Å². The lowest BCUT2D eigenvalue weighted by Crippen LogP contribution is -2.31. The number of amides is 1. The number of carbonyl (C=O) groups is 1. The summed E-state index contributed by atoms with van der Waals surface area (Å²) in [5.41, 5.74) is 5.22. The van der Waals surface area contributed by atoms with Gasteiger partial charge in [-0.2, -0.15) is 0 Å². The molecule has 120 valence electrons. The lowest BCUT2D eigenvalue weighted by molar-refractivity contribution is -0.123. The van der Waals surface area contributed by atoms with Gasteiger partial charge in [0.2, 0.25) is 0 Å². The molecule has 0 radical (unpaired) electrons. The molecule has 1 aliphatic rings. The van der Waals surface area contributed by atoms with E-state index in [-0.39, 0.29) is 18.6 Å². The summed E-state index contributed by atoms with van der Waals surface area (Å²) in [4.78, 5) is 12.1. The Morgan fingerprint density at radius 2 is 1.87 bits per heavy atom. The van der Waals surface area contributed by atoms with E-state index >= 15 is 0 Å². The van der Waals surface area contributed by atoms with Crippen LogP contribution in [-0.2, 0) is 17.6 Å². The molecule has 0 spiro atoms. The van der Waals surface area contributed by atoms with Gasteiger partial charge in [-0.25, -0.2) is 0 Å². The number of fused-ring (bicyclic) bond motifs is 1. The number of rotatable bonds is 5. The number of hydrogen-bond acceptors (Lipinski definition) is 2. The largest absolute Gasteiger partial charge is 0.484 e. The highest BCUT2D eigenvalue weighted by Gasteiger charge is 2.15. The van der Waals surface area contributed by atoms with Crippen LogP contribution in [0.3, 0.4) is 0 Å². The second kappa shape index (κ2) is 6.86. The predicted molar refractivity (Wildman–Crippen MR) is 91.7 cm³/mol. The van der Waals surface area contributed by atoms with Crippen molar-refractivity contribution >= 4 is 5.91 Å². The minimum atomic E-state index is -0.0985.